The Bertz CT molecular complexity index is 932. The Morgan fingerprint density at radius 3 is 2.71 bits per heavy atom. The molecule has 3 amide bonds. The zero-order valence-electron chi connectivity index (χ0n) is 15.2. The van der Waals surface area contributed by atoms with Gasteiger partial charge in [0, 0.05) is 13.1 Å². The smallest absolute Gasteiger partial charge is 0.256 e. The van der Waals surface area contributed by atoms with Crippen molar-refractivity contribution in [1.29, 1.82) is 0 Å². The number of amides is 3. The van der Waals surface area contributed by atoms with Crippen LogP contribution in [0.4, 0.5) is 10.1 Å². The minimum Gasteiger partial charge on any atom is -0.350 e. The number of nitrogens with zero attached hydrogens (tertiary/aromatic N) is 2. The van der Waals surface area contributed by atoms with Crippen LogP contribution in [0, 0.1) is 5.82 Å². The summed E-state index contributed by atoms with van der Waals surface area (Å²) >= 11 is 0. The van der Waals surface area contributed by atoms with Crippen LogP contribution < -0.4 is 10.2 Å². The standard InChI is InChI=1S/C21H20FN3O3/c22-15-8-9-16-18(11-15)25(21(28)17-7-4-10-24(17)20(16)27)13-19(26)23-12-14-5-2-1-3-6-14/h1-3,5-6,8-9,11,17H,4,7,10,12-13H2,(H,23,26)/t17-/m1/s1. The molecular weight excluding hydrogens is 361 g/mol. The maximum Gasteiger partial charge on any atom is 0.256 e. The van der Waals surface area contributed by atoms with Crippen molar-refractivity contribution >= 4 is 23.4 Å². The lowest BCUT2D eigenvalue weighted by Gasteiger charge is -2.25. The summed E-state index contributed by atoms with van der Waals surface area (Å²) in [5.74, 6) is -1.56. The molecule has 2 aromatic rings. The molecule has 6 nitrogen and oxygen atoms in total. The van der Waals surface area contributed by atoms with Gasteiger partial charge in [0.25, 0.3) is 5.91 Å². The largest absolute Gasteiger partial charge is 0.350 e. The van der Waals surface area contributed by atoms with E-state index in [1.165, 1.54) is 21.9 Å². The maximum atomic E-state index is 13.9. The van der Waals surface area contributed by atoms with Crippen molar-refractivity contribution in [2.75, 3.05) is 18.0 Å². The van der Waals surface area contributed by atoms with Crippen molar-refractivity contribution in [3.63, 3.8) is 0 Å². The highest BCUT2D eigenvalue weighted by molar-refractivity contribution is 6.12. The van der Waals surface area contributed by atoms with Gasteiger partial charge in [0.05, 0.1) is 11.3 Å². The maximum absolute atomic E-state index is 13.9. The number of anilines is 1. The van der Waals surface area contributed by atoms with Crippen LogP contribution in [-0.4, -0.2) is 41.8 Å². The molecule has 1 atom stereocenters. The van der Waals surface area contributed by atoms with E-state index < -0.39 is 11.9 Å². The first-order valence-corrected chi connectivity index (χ1v) is 9.27. The molecule has 4 rings (SSSR count). The topological polar surface area (TPSA) is 69.7 Å². The number of carbonyl (C=O) groups is 3. The predicted octanol–water partition coefficient (Wildman–Crippen LogP) is 2.09. The molecular formula is C21H20FN3O3. The second-order valence-electron chi connectivity index (χ2n) is 7.00. The third-order valence-corrected chi connectivity index (χ3v) is 5.18. The first kappa shape index (κ1) is 18.2. The summed E-state index contributed by atoms with van der Waals surface area (Å²) in [7, 11) is 0. The SMILES string of the molecule is O=C(CN1C(=O)[C@H]2CCCN2C(=O)c2ccc(F)cc21)NCc1ccccc1. The van der Waals surface area contributed by atoms with Crippen molar-refractivity contribution in [3.05, 3.63) is 65.5 Å². The molecule has 0 radical (unpaired) electrons. The highest BCUT2D eigenvalue weighted by atomic mass is 19.1. The van der Waals surface area contributed by atoms with E-state index in [1.54, 1.807) is 0 Å². The number of halogens is 1. The molecule has 0 aliphatic carbocycles. The third kappa shape index (κ3) is 3.35. The van der Waals surface area contributed by atoms with Gasteiger partial charge in [0.15, 0.2) is 0 Å². The van der Waals surface area contributed by atoms with Crippen LogP contribution in [0.5, 0.6) is 0 Å². The molecule has 2 aliphatic heterocycles. The molecule has 7 heteroatoms. The highest BCUT2D eigenvalue weighted by Gasteiger charge is 2.42. The lowest BCUT2D eigenvalue weighted by molar-refractivity contribution is -0.125. The molecule has 2 heterocycles. The number of nitrogens with one attached hydrogen (secondary N) is 1. The van der Waals surface area contributed by atoms with E-state index in [9.17, 15) is 18.8 Å². The van der Waals surface area contributed by atoms with Crippen molar-refractivity contribution in [1.82, 2.24) is 10.2 Å². The molecule has 0 saturated carbocycles. The van der Waals surface area contributed by atoms with Crippen LogP contribution in [-0.2, 0) is 16.1 Å². The van der Waals surface area contributed by atoms with E-state index >= 15 is 0 Å². The van der Waals surface area contributed by atoms with Crippen molar-refractivity contribution < 1.29 is 18.8 Å². The zero-order valence-corrected chi connectivity index (χ0v) is 15.2. The van der Waals surface area contributed by atoms with Crippen LogP contribution in [0.2, 0.25) is 0 Å². The first-order valence-electron chi connectivity index (χ1n) is 9.27. The van der Waals surface area contributed by atoms with Gasteiger partial charge >= 0.3 is 0 Å². The molecule has 0 spiro atoms. The Morgan fingerprint density at radius 2 is 1.93 bits per heavy atom. The molecule has 0 unspecified atom stereocenters. The van der Waals surface area contributed by atoms with Crippen LogP contribution in [0.3, 0.4) is 0 Å². The Labute approximate surface area is 161 Å². The zero-order chi connectivity index (χ0) is 19.7. The minimum absolute atomic E-state index is 0.152. The Hall–Kier alpha value is -3.22. The van der Waals surface area contributed by atoms with Crippen LogP contribution in [0.15, 0.2) is 48.5 Å². The van der Waals surface area contributed by atoms with Gasteiger partial charge in [-0.2, -0.15) is 0 Å². The fourth-order valence-corrected chi connectivity index (χ4v) is 3.79. The number of hydrogen-bond donors (Lipinski definition) is 1. The lowest BCUT2D eigenvalue weighted by Crippen LogP contribution is -2.48. The summed E-state index contributed by atoms with van der Waals surface area (Å²) in [5.41, 5.74) is 1.33. The summed E-state index contributed by atoms with van der Waals surface area (Å²) in [6.07, 6.45) is 1.27. The number of carbonyl (C=O) groups excluding carboxylic acids is 3. The van der Waals surface area contributed by atoms with Gasteiger partial charge in [-0.25, -0.2) is 4.39 Å². The van der Waals surface area contributed by atoms with Gasteiger partial charge in [-0.1, -0.05) is 30.3 Å². The number of fused-ring (bicyclic) bond motifs is 2. The molecule has 144 valence electrons. The molecule has 28 heavy (non-hydrogen) atoms. The first-order chi connectivity index (χ1) is 13.5. The van der Waals surface area contributed by atoms with Gasteiger partial charge in [0.2, 0.25) is 11.8 Å². The van der Waals surface area contributed by atoms with Crippen molar-refractivity contribution in [3.8, 4) is 0 Å². The predicted molar refractivity (Wildman–Crippen MR) is 101 cm³/mol. The normalized spacial score (nSPS) is 18.5. The van der Waals surface area contributed by atoms with Crippen LogP contribution >= 0.6 is 0 Å². The average Bonchev–Trinajstić information content (AvgIpc) is 3.17. The highest BCUT2D eigenvalue weighted by Crippen LogP contribution is 2.32. The van der Waals surface area contributed by atoms with Gasteiger partial charge < -0.3 is 15.1 Å². The molecule has 0 bridgehead atoms. The minimum atomic E-state index is -0.607. The van der Waals surface area contributed by atoms with Gasteiger partial charge in [-0.05, 0) is 36.6 Å². The summed E-state index contributed by atoms with van der Waals surface area (Å²) in [4.78, 5) is 41.2. The second kappa shape index (κ2) is 7.42. The molecule has 2 aliphatic rings. The van der Waals surface area contributed by atoms with E-state index in [2.05, 4.69) is 5.32 Å². The summed E-state index contributed by atoms with van der Waals surface area (Å²) in [6.45, 7) is 0.548. The van der Waals surface area contributed by atoms with Crippen LogP contribution in [0.25, 0.3) is 0 Å². The van der Waals surface area contributed by atoms with Crippen molar-refractivity contribution in [2.24, 2.45) is 0 Å². The molecule has 1 N–H and O–H groups in total. The number of rotatable bonds is 4. The number of hydrogen-bond acceptors (Lipinski definition) is 3. The quantitative estimate of drug-likeness (QED) is 0.882. The van der Waals surface area contributed by atoms with Crippen molar-refractivity contribution in [2.45, 2.75) is 25.4 Å². The average molecular weight is 381 g/mol. The Kier molecular flexibility index (Phi) is 4.81. The van der Waals surface area contributed by atoms with E-state index in [-0.39, 0.29) is 35.5 Å². The lowest BCUT2D eigenvalue weighted by atomic mass is 10.1. The monoisotopic (exact) mass is 381 g/mol. The van der Waals surface area contributed by atoms with E-state index in [0.29, 0.717) is 19.5 Å². The summed E-state index contributed by atoms with van der Waals surface area (Å²) in [6, 6.07) is 12.5. The second-order valence-corrected chi connectivity index (χ2v) is 7.00. The fourth-order valence-electron chi connectivity index (χ4n) is 3.79. The van der Waals surface area contributed by atoms with Gasteiger partial charge in [-0.15, -0.1) is 0 Å². The molecule has 1 saturated heterocycles. The van der Waals surface area contributed by atoms with Gasteiger partial charge in [0.1, 0.15) is 18.4 Å². The molecule has 2 aromatic carbocycles. The van der Waals surface area contributed by atoms with E-state index in [4.69, 9.17) is 0 Å². The van der Waals surface area contributed by atoms with Crippen LogP contribution in [0.1, 0.15) is 28.8 Å². The summed E-state index contributed by atoms with van der Waals surface area (Å²) < 4.78 is 13.9. The third-order valence-electron chi connectivity index (χ3n) is 5.18. The molecule has 1 fully saturated rings. The van der Waals surface area contributed by atoms with Gasteiger partial charge in [-0.3, -0.25) is 14.4 Å². The Morgan fingerprint density at radius 1 is 1.14 bits per heavy atom. The Balaban J connectivity index is 1.60. The fraction of sp³-hybridized carbons (Fsp3) is 0.286. The van der Waals surface area contributed by atoms with E-state index in [1.807, 2.05) is 30.3 Å². The molecule has 0 aromatic heterocycles. The summed E-state index contributed by atoms with van der Waals surface area (Å²) in [5, 5.41) is 2.78. The van der Waals surface area contributed by atoms with E-state index in [0.717, 1.165) is 18.1 Å². The number of benzene rings is 2.